The van der Waals surface area contributed by atoms with E-state index in [1.807, 2.05) is 0 Å². The zero-order valence-corrected chi connectivity index (χ0v) is 13.2. The van der Waals surface area contributed by atoms with E-state index in [4.69, 9.17) is 18.7 Å². The SMILES string of the molecule is Cc1oc(-c2ccco2)nc1CC(=O)N1CCOC(CC(=O)O)C1. The first kappa shape index (κ1) is 16.3. The van der Waals surface area contributed by atoms with Gasteiger partial charge < -0.3 is 23.6 Å². The Morgan fingerprint density at radius 3 is 3.00 bits per heavy atom. The number of hydrogen-bond donors (Lipinski definition) is 1. The highest BCUT2D eigenvalue weighted by atomic mass is 16.5. The number of hydrogen-bond acceptors (Lipinski definition) is 6. The molecule has 3 rings (SSSR count). The molecule has 0 radical (unpaired) electrons. The molecule has 1 saturated heterocycles. The first-order valence-corrected chi connectivity index (χ1v) is 7.64. The molecule has 0 aliphatic carbocycles. The largest absolute Gasteiger partial charge is 0.481 e. The third kappa shape index (κ3) is 3.65. The predicted octanol–water partition coefficient (Wildman–Crippen LogP) is 1.49. The van der Waals surface area contributed by atoms with Crippen molar-refractivity contribution >= 4 is 11.9 Å². The maximum absolute atomic E-state index is 12.5. The normalized spacial score (nSPS) is 17.9. The van der Waals surface area contributed by atoms with Gasteiger partial charge in [0.15, 0.2) is 5.76 Å². The van der Waals surface area contributed by atoms with Gasteiger partial charge in [0.05, 0.1) is 37.5 Å². The molecule has 1 aliphatic heterocycles. The van der Waals surface area contributed by atoms with Crippen LogP contribution in [0, 0.1) is 6.92 Å². The van der Waals surface area contributed by atoms with E-state index < -0.39 is 12.1 Å². The number of oxazole rings is 1. The molecule has 1 unspecified atom stereocenters. The summed E-state index contributed by atoms with van der Waals surface area (Å²) < 4.78 is 16.2. The molecular weight excluding hydrogens is 316 g/mol. The minimum atomic E-state index is -0.940. The van der Waals surface area contributed by atoms with Crippen LogP contribution in [-0.4, -0.2) is 52.7 Å². The highest BCUT2D eigenvalue weighted by Crippen LogP contribution is 2.22. The number of carboxylic acids is 1. The molecule has 1 N–H and O–H groups in total. The Hall–Kier alpha value is -2.61. The first-order chi connectivity index (χ1) is 11.5. The predicted molar refractivity (Wildman–Crippen MR) is 81.2 cm³/mol. The number of aliphatic carboxylic acids is 1. The minimum absolute atomic E-state index is 0.0931. The summed E-state index contributed by atoms with van der Waals surface area (Å²) in [6, 6.07) is 3.46. The number of carboxylic acid groups (broad SMARTS) is 1. The molecule has 0 spiro atoms. The van der Waals surface area contributed by atoms with Crippen LogP contribution in [0.4, 0.5) is 0 Å². The topological polar surface area (TPSA) is 106 Å². The second-order valence-electron chi connectivity index (χ2n) is 5.61. The molecule has 0 saturated carbocycles. The molecule has 1 aliphatic rings. The third-order valence-electron chi connectivity index (χ3n) is 3.84. The average Bonchev–Trinajstić information content (AvgIpc) is 3.17. The van der Waals surface area contributed by atoms with Crippen LogP contribution in [0.3, 0.4) is 0 Å². The quantitative estimate of drug-likeness (QED) is 0.883. The lowest BCUT2D eigenvalue weighted by Crippen LogP contribution is -2.46. The van der Waals surface area contributed by atoms with Gasteiger partial charge >= 0.3 is 5.97 Å². The van der Waals surface area contributed by atoms with Crippen LogP contribution in [0.2, 0.25) is 0 Å². The summed E-state index contributed by atoms with van der Waals surface area (Å²) in [7, 11) is 0. The number of nitrogens with zero attached hydrogens (tertiary/aromatic N) is 2. The van der Waals surface area contributed by atoms with E-state index in [0.29, 0.717) is 36.3 Å². The maximum atomic E-state index is 12.5. The molecule has 1 fully saturated rings. The molecule has 2 aromatic heterocycles. The molecule has 1 amide bonds. The standard InChI is InChI=1S/C16H18N2O6/c1-10-12(17-16(24-10)13-3-2-5-23-13)8-14(19)18-4-6-22-11(9-18)7-15(20)21/h2-3,5,11H,4,6-9H2,1H3,(H,20,21). The van der Waals surface area contributed by atoms with E-state index in [9.17, 15) is 9.59 Å². The van der Waals surface area contributed by atoms with Crippen LogP contribution in [0.25, 0.3) is 11.7 Å². The van der Waals surface area contributed by atoms with Gasteiger partial charge in [-0.15, -0.1) is 0 Å². The Morgan fingerprint density at radius 1 is 1.46 bits per heavy atom. The van der Waals surface area contributed by atoms with Crippen molar-refractivity contribution in [2.45, 2.75) is 25.9 Å². The van der Waals surface area contributed by atoms with Crippen molar-refractivity contribution in [3.8, 4) is 11.7 Å². The number of morpholine rings is 1. The van der Waals surface area contributed by atoms with Gasteiger partial charge in [-0.3, -0.25) is 9.59 Å². The lowest BCUT2D eigenvalue weighted by atomic mass is 10.2. The number of carbonyl (C=O) groups excluding carboxylic acids is 1. The summed E-state index contributed by atoms with van der Waals surface area (Å²) in [5, 5.41) is 8.84. The van der Waals surface area contributed by atoms with Gasteiger partial charge in [0.25, 0.3) is 5.89 Å². The van der Waals surface area contributed by atoms with E-state index >= 15 is 0 Å². The van der Waals surface area contributed by atoms with Gasteiger partial charge in [-0.1, -0.05) is 0 Å². The monoisotopic (exact) mass is 334 g/mol. The molecule has 128 valence electrons. The van der Waals surface area contributed by atoms with Crippen LogP contribution in [-0.2, 0) is 20.7 Å². The van der Waals surface area contributed by atoms with Crippen molar-refractivity contribution in [3.05, 3.63) is 29.9 Å². The van der Waals surface area contributed by atoms with Gasteiger partial charge in [-0.05, 0) is 19.1 Å². The van der Waals surface area contributed by atoms with E-state index in [1.165, 1.54) is 6.26 Å². The smallest absolute Gasteiger partial charge is 0.306 e. The Balaban J connectivity index is 1.65. The van der Waals surface area contributed by atoms with Gasteiger partial charge in [0.1, 0.15) is 5.76 Å². The minimum Gasteiger partial charge on any atom is -0.481 e. The zero-order valence-electron chi connectivity index (χ0n) is 13.2. The molecule has 0 bridgehead atoms. The molecule has 2 aromatic rings. The Bertz CT molecular complexity index is 721. The summed E-state index contributed by atoms with van der Waals surface area (Å²) in [5.41, 5.74) is 0.549. The van der Waals surface area contributed by atoms with Crippen LogP contribution in [0.15, 0.2) is 27.2 Å². The number of aromatic nitrogens is 1. The van der Waals surface area contributed by atoms with Gasteiger partial charge in [-0.2, -0.15) is 0 Å². The van der Waals surface area contributed by atoms with Crippen molar-refractivity contribution in [2.75, 3.05) is 19.7 Å². The van der Waals surface area contributed by atoms with Crippen LogP contribution >= 0.6 is 0 Å². The highest BCUT2D eigenvalue weighted by Gasteiger charge is 2.27. The van der Waals surface area contributed by atoms with Gasteiger partial charge in [-0.25, -0.2) is 4.98 Å². The highest BCUT2D eigenvalue weighted by molar-refractivity contribution is 5.79. The molecule has 24 heavy (non-hydrogen) atoms. The molecule has 8 nitrogen and oxygen atoms in total. The number of rotatable bonds is 5. The van der Waals surface area contributed by atoms with Crippen molar-refractivity contribution < 1.29 is 28.3 Å². The summed E-state index contributed by atoms with van der Waals surface area (Å²) in [4.78, 5) is 29.2. The fourth-order valence-electron chi connectivity index (χ4n) is 2.62. The van der Waals surface area contributed by atoms with Crippen LogP contribution in [0.5, 0.6) is 0 Å². The fourth-order valence-corrected chi connectivity index (χ4v) is 2.62. The van der Waals surface area contributed by atoms with Crippen molar-refractivity contribution in [2.24, 2.45) is 0 Å². The number of amides is 1. The zero-order chi connectivity index (χ0) is 17.1. The number of aryl methyl sites for hydroxylation is 1. The second-order valence-corrected chi connectivity index (χ2v) is 5.61. The maximum Gasteiger partial charge on any atom is 0.306 e. The summed E-state index contributed by atoms with van der Waals surface area (Å²) in [5.74, 6) is 0.335. The Morgan fingerprint density at radius 2 is 2.29 bits per heavy atom. The van der Waals surface area contributed by atoms with Crippen LogP contribution in [0.1, 0.15) is 17.9 Å². The molecule has 0 aromatic carbocycles. The first-order valence-electron chi connectivity index (χ1n) is 7.64. The van der Waals surface area contributed by atoms with Crippen molar-refractivity contribution in [3.63, 3.8) is 0 Å². The van der Waals surface area contributed by atoms with Crippen LogP contribution < -0.4 is 0 Å². The molecule has 8 heteroatoms. The molecule has 1 atom stereocenters. The second kappa shape index (κ2) is 6.88. The number of carbonyl (C=O) groups is 2. The lowest BCUT2D eigenvalue weighted by Gasteiger charge is -2.32. The number of furan rings is 1. The van der Waals surface area contributed by atoms with Gasteiger partial charge in [0, 0.05) is 13.1 Å². The molecular formula is C16H18N2O6. The van der Waals surface area contributed by atoms with E-state index in [0.717, 1.165) is 0 Å². The Kier molecular flexibility index (Phi) is 4.66. The summed E-state index contributed by atoms with van der Waals surface area (Å²) in [6.45, 7) is 2.79. The third-order valence-corrected chi connectivity index (χ3v) is 3.84. The fraction of sp³-hybridized carbons (Fsp3) is 0.438. The van der Waals surface area contributed by atoms with Crippen molar-refractivity contribution in [1.82, 2.24) is 9.88 Å². The van der Waals surface area contributed by atoms with Crippen molar-refractivity contribution in [1.29, 1.82) is 0 Å². The lowest BCUT2D eigenvalue weighted by molar-refractivity contribution is -0.147. The van der Waals surface area contributed by atoms with E-state index in [2.05, 4.69) is 4.98 Å². The Labute approximate surface area is 138 Å². The summed E-state index contributed by atoms with van der Waals surface area (Å²) in [6.07, 6.45) is 1.03. The average molecular weight is 334 g/mol. The van der Waals surface area contributed by atoms with Gasteiger partial charge in [0.2, 0.25) is 5.91 Å². The van der Waals surface area contributed by atoms with E-state index in [1.54, 1.807) is 24.0 Å². The summed E-state index contributed by atoms with van der Waals surface area (Å²) >= 11 is 0. The number of ether oxygens (including phenoxy) is 1. The molecule has 3 heterocycles. The van der Waals surface area contributed by atoms with E-state index in [-0.39, 0.29) is 25.3 Å².